The van der Waals surface area contributed by atoms with Gasteiger partial charge in [0, 0.05) is 12.1 Å². The number of rotatable bonds is 3. The Morgan fingerprint density at radius 2 is 2.12 bits per heavy atom. The minimum Gasteiger partial charge on any atom is -0.494 e. The van der Waals surface area contributed by atoms with Crippen LogP contribution >= 0.6 is 0 Å². The summed E-state index contributed by atoms with van der Waals surface area (Å²) >= 11 is 0. The fraction of sp³-hybridized carbons (Fsp3) is 0.538. The van der Waals surface area contributed by atoms with Crippen molar-refractivity contribution >= 4 is 5.78 Å². The van der Waals surface area contributed by atoms with Gasteiger partial charge < -0.3 is 4.74 Å². The molecule has 0 aliphatic heterocycles. The number of hydrogen-bond acceptors (Lipinski definition) is 3. The number of ketones is 1. The van der Waals surface area contributed by atoms with Crippen molar-refractivity contribution in [3.63, 3.8) is 0 Å². The van der Waals surface area contributed by atoms with Crippen LogP contribution in [0.4, 0.5) is 0 Å². The number of ether oxygens (including phenoxy) is 1. The number of fused-ring (bicyclic) bond motifs is 1. The Labute approximate surface area is 94.8 Å². The lowest BCUT2D eigenvalue weighted by molar-refractivity contribution is 0.0906. The quantitative estimate of drug-likeness (QED) is 0.729. The van der Waals surface area contributed by atoms with Crippen molar-refractivity contribution in [2.45, 2.75) is 19.3 Å². The Kier molecular flexibility index (Phi) is 2.20. The van der Waals surface area contributed by atoms with Crippen LogP contribution in [-0.4, -0.2) is 17.9 Å². The molecule has 2 atom stereocenters. The van der Waals surface area contributed by atoms with E-state index in [4.69, 9.17) is 4.74 Å². The molecule has 0 saturated heterocycles. The molecule has 0 amide bonds. The first-order valence-corrected chi connectivity index (χ1v) is 5.83. The summed E-state index contributed by atoms with van der Waals surface area (Å²) in [4.78, 5) is 16.4. The van der Waals surface area contributed by atoms with Gasteiger partial charge in [0.25, 0.3) is 0 Å². The molecule has 2 unspecified atom stereocenters. The van der Waals surface area contributed by atoms with E-state index >= 15 is 0 Å². The lowest BCUT2D eigenvalue weighted by atomic mass is 9.95. The van der Waals surface area contributed by atoms with Gasteiger partial charge in [0.15, 0.2) is 5.78 Å². The molecule has 2 aliphatic rings. The average molecular weight is 217 g/mol. The van der Waals surface area contributed by atoms with E-state index in [1.807, 2.05) is 0 Å². The smallest absolute Gasteiger partial charge is 0.188 e. The zero-order chi connectivity index (χ0) is 11.1. The molecule has 0 spiro atoms. The maximum atomic E-state index is 12.3. The number of Topliss-reactive ketones (excluding diaryl/α,β-unsaturated/α-hetero) is 1. The van der Waals surface area contributed by atoms with Crippen LogP contribution in [-0.2, 0) is 0 Å². The molecule has 0 radical (unpaired) electrons. The average Bonchev–Trinajstić information content (AvgIpc) is 2.95. The molecule has 0 bridgehead atoms. The molecular weight excluding hydrogens is 202 g/mol. The zero-order valence-corrected chi connectivity index (χ0v) is 9.35. The van der Waals surface area contributed by atoms with Gasteiger partial charge in [-0.2, -0.15) is 0 Å². The van der Waals surface area contributed by atoms with Gasteiger partial charge >= 0.3 is 0 Å². The molecule has 1 aromatic rings. The number of methoxy groups -OCH3 is 1. The highest BCUT2D eigenvalue weighted by atomic mass is 16.5. The molecule has 84 valence electrons. The second kappa shape index (κ2) is 3.58. The van der Waals surface area contributed by atoms with Crippen LogP contribution in [0.5, 0.6) is 5.75 Å². The molecule has 16 heavy (non-hydrogen) atoms. The molecule has 3 heteroatoms. The van der Waals surface area contributed by atoms with E-state index in [2.05, 4.69) is 4.98 Å². The van der Waals surface area contributed by atoms with Crippen molar-refractivity contribution in [2.75, 3.05) is 7.11 Å². The van der Waals surface area contributed by atoms with Crippen molar-refractivity contribution in [3.05, 3.63) is 24.0 Å². The zero-order valence-electron chi connectivity index (χ0n) is 9.35. The van der Waals surface area contributed by atoms with Crippen molar-refractivity contribution < 1.29 is 9.53 Å². The summed E-state index contributed by atoms with van der Waals surface area (Å²) in [6, 6.07) is 3.59. The van der Waals surface area contributed by atoms with E-state index in [1.54, 1.807) is 25.4 Å². The molecule has 1 aromatic heterocycles. The lowest BCUT2D eigenvalue weighted by Crippen LogP contribution is -2.15. The predicted octanol–water partition coefficient (Wildman–Crippen LogP) is 2.32. The monoisotopic (exact) mass is 217 g/mol. The number of pyridine rings is 1. The molecule has 2 saturated carbocycles. The number of nitrogens with zero attached hydrogens (tertiary/aromatic N) is 1. The van der Waals surface area contributed by atoms with Crippen LogP contribution < -0.4 is 4.74 Å². The molecule has 3 rings (SSSR count). The minimum atomic E-state index is 0.171. The Balaban J connectivity index is 1.83. The second-order valence-electron chi connectivity index (χ2n) is 4.84. The summed E-state index contributed by atoms with van der Waals surface area (Å²) in [5.74, 6) is 2.61. The van der Waals surface area contributed by atoms with Crippen LogP contribution in [0.2, 0.25) is 0 Å². The van der Waals surface area contributed by atoms with Gasteiger partial charge in [-0.1, -0.05) is 0 Å². The number of hydrogen-bond donors (Lipinski definition) is 0. The second-order valence-corrected chi connectivity index (χ2v) is 4.84. The largest absolute Gasteiger partial charge is 0.494 e. The van der Waals surface area contributed by atoms with Crippen LogP contribution in [0.1, 0.15) is 29.8 Å². The molecule has 2 aliphatic carbocycles. The summed E-state index contributed by atoms with van der Waals surface area (Å²) in [7, 11) is 1.58. The third kappa shape index (κ3) is 1.51. The van der Waals surface area contributed by atoms with Crippen LogP contribution in [0.3, 0.4) is 0 Å². The molecule has 0 N–H and O–H groups in total. The number of carbonyl (C=O) groups is 1. The Hall–Kier alpha value is -1.38. The van der Waals surface area contributed by atoms with Crippen molar-refractivity contribution in [2.24, 2.45) is 17.8 Å². The summed E-state index contributed by atoms with van der Waals surface area (Å²) in [6.07, 6.45) is 5.11. The van der Waals surface area contributed by atoms with Crippen molar-refractivity contribution in [1.29, 1.82) is 0 Å². The topological polar surface area (TPSA) is 39.2 Å². The van der Waals surface area contributed by atoms with Gasteiger partial charge in [0.05, 0.1) is 7.11 Å². The lowest BCUT2D eigenvalue weighted by Gasteiger charge is -2.11. The number of aromatic nitrogens is 1. The first kappa shape index (κ1) is 9.82. The highest BCUT2D eigenvalue weighted by Crippen LogP contribution is 2.55. The number of carbonyl (C=O) groups excluding carboxylic acids is 1. The van der Waals surface area contributed by atoms with Gasteiger partial charge in [-0.25, -0.2) is 4.98 Å². The van der Waals surface area contributed by atoms with Gasteiger partial charge in [0.2, 0.25) is 0 Å². The fourth-order valence-corrected chi connectivity index (χ4v) is 2.86. The summed E-state index contributed by atoms with van der Waals surface area (Å²) in [5, 5.41) is 0. The summed E-state index contributed by atoms with van der Waals surface area (Å²) < 4.78 is 5.18. The van der Waals surface area contributed by atoms with E-state index in [9.17, 15) is 4.79 Å². The summed E-state index contributed by atoms with van der Waals surface area (Å²) in [5.41, 5.74) is 0.510. The van der Waals surface area contributed by atoms with Gasteiger partial charge in [-0.05, 0) is 43.2 Å². The van der Waals surface area contributed by atoms with E-state index in [0.717, 1.165) is 24.7 Å². The van der Waals surface area contributed by atoms with Gasteiger partial charge in [0.1, 0.15) is 11.4 Å². The first-order valence-electron chi connectivity index (χ1n) is 5.83. The molecule has 3 nitrogen and oxygen atoms in total. The fourth-order valence-electron chi connectivity index (χ4n) is 2.86. The predicted molar refractivity (Wildman–Crippen MR) is 59.4 cm³/mol. The Morgan fingerprint density at radius 1 is 1.38 bits per heavy atom. The molecule has 0 aromatic carbocycles. The maximum absolute atomic E-state index is 12.3. The molecular formula is C13H15NO2. The summed E-state index contributed by atoms with van der Waals surface area (Å²) in [6.45, 7) is 0. The van der Waals surface area contributed by atoms with Crippen LogP contribution in [0.15, 0.2) is 18.3 Å². The van der Waals surface area contributed by atoms with Crippen molar-refractivity contribution in [3.8, 4) is 5.75 Å². The minimum absolute atomic E-state index is 0.171. The SMILES string of the molecule is COc1cccnc1C(=O)C1CC2CC2C1. The van der Waals surface area contributed by atoms with E-state index < -0.39 is 0 Å². The van der Waals surface area contributed by atoms with Crippen LogP contribution in [0.25, 0.3) is 0 Å². The van der Waals surface area contributed by atoms with E-state index in [0.29, 0.717) is 11.4 Å². The highest BCUT2D eigenvalue weighted by molar-refractivity contribution is 5.98. The third-order valence-electron chi connectivity index (χ3n) is 3.84. The normalized spacial score (nSPS) is 30.9. The van der Waals surface area contributed by atoms with Crippen molar-refractivity contribution in [1.82, 2.24) is 4.98 Å². The van der Waals surface area contributed by atoms with Gasteiger partial charge in [-0.3, -0.25) is 4.79 Å². The van der Waals surface area contributed by atoms with Gasteiger partial charge in [-0.15, -0.1) is 0 Å². The molecule has 1 heterocycles. The Bertz CT molecular complexity index is 420. The van der Waals surface area contributed by atoms with E-state index in [1.165, 1.54) is 6.42 Å². The Morgan fingerprint density at radius 3 is 2.81 bits per heavy atom. The maximum Gasteiger partial charge on any atom is 0.188 e. The standard InChI is InChI=1S/C13H15NO2/c1-16-11-3-2-4-14-12(11)13(15)10-6-8-5-9(8)7-10/h2-4,8-10H,5-7H2,1H3. The molecule has 2 fully saturated rings. The van der Waals surface area contributed by atoms with Crippen LogP contribution in [0, 0.1) is 17.8 Å². The highest BCUT2D eigenvalue weighted by Gasteiger charge is 2.48. The first-order chi connectivity index (χ1) is 7.79. The third-order valence-corrected chi connectivity index (χ3v) is 3.84. The van der Waals surface area contributed by atoms with E-state index in [-0.39, 0.29) is 11.7 Å².